The van der Waals surface area contributed by atoms with Gasteiger partial charge in [-0.2, -0.15) is 0 Å². The lowest BCUT2D eigenvalue weighted by Crippen LogP contribution is -2.46. The van der Waals surface area contributed by atoms with Crippen LogP contribution in [0.1, 0.15) is 43.2 Å². The summed E-state index contributed by atoms with van der Waals surface area (Å²) in [6.45, 7) is 0. The van der Waals surface area contributed by atoms with Gasteiger partial charge in [-0.25, -0.2) is 0 Å². The van der Waals surface area contributed by atoms with Crippen LogP contribution >= 0.6 is 0 Å². The van der Waals surface area contributed by atoms with Crippen LogP contribution in [0.5, 0.6) is 5.75 Å². The molecule has 3 rings (SSSR count). The van der Waals surface area contributed by atoms with Crippen LogP contribution in [-0.2, 0) is 16.6 Å². The van der Waals surface area contributed by atoms with Crippen molar-refractivity contribution in [1.29, 1.82) is 0 Å². The predicted molar refractivity (Wildman–Crippen MR) is 72.6 cm³/mol. The molecule has 2 aliphatic rings. The Labute approximate surface area is 113 Å². The van der Waals surface area contributed by atoms with Crippen LogP contribution < -0.4 is 4.74 Å². The minimum atomic E-state index is -0.672. The fraction of sp³-hybridized carbons (Fsp3) is 0.562. The Balaban J connectivity index is 2.06. The molecule has 1 N–H and O–H groups in total. The van der Waals surface area contributed by atoms with E-state index >= 15 is 0 Å². The fourth-order valence-electron chi connectivity index (χ4n) is 4.05. The van der Waals surface area contributed by atoms with E-state index in [4.69, 9.17) is 9.84 Å². The Morgan fingerprint density at radius 1 is 1.47 bits per heavy atom. The lowest BCUT2D eigenvalue weighted by Gasteiger charge is -2.52. The van der Waals surface area contributed by atoms with Crippen molar-refractivity contribution in [2.45, 2.75) is 43.9 Å². The number of ether oxygens (including phenoxy) is 1. The number of methoxy groups -OCH3 is 1. The van der Waals surface area contributed by atoms with Gasteiger partial charge < -0.3 is 9.84 Å². The summed E-state index contributed by atoms with van der Waals surface area (Å²) in [5.41, 5.74) is 2.74. The molecule has 3 nitrogen and oxygen atoms in total. The van der Waals surface area contributed by atoms with E-state index in [-0.39, 0.29) is 17.8 Å². The second kappa shape index (κ2) is 4.55. The molecule has 0 saturated heterocycles. The second-order valence-electron chi connectivity index (χ2n) is 5.84. The van der Waals surface area contributed by atoms with Crippen molar-refractivity contribution < 1.29 is 14.6 Å². The van der Waals surface area contributed by atoms with Crippen molar-refractivity contribution in [3.8, 4) is 5.75 Å². The van der Waals surface area contributed by atoms with E-state index in [1.54, 1.807) is 7.11 Å². The van der Waals surface area contributed by atoms with Crippen LogP contribution in [0.15, 0.2) is 18.2 Å². The maximum Gasteiger partial charge on any atom is 0.303 e. The standard InChI is InChI=1S/C16H20O3/c1-19-13-5-2-4-11-6-7-12(10-14(17)18)16(15(11)13)8-3-9-16/h2,4-5,12H,3,6-10H2,1H3,(H,17,18). The van der Waals surface area contributed by atoms with E-state index in [2.05, 4.69) is 6.07 Å². The lowest BCUT2D eigenvalue weighted by molar-refractivity contribution is -0.139. The van der Waals surface area contributed by atoms with Crippen molar-refractivity contribution in [2.75, 3.05) is 7.11 Å². The molecule has 1 aromatic rings. The van der Waals surface area contributed by atoms with Crippen molar-refractivity contribution >= 4 is 5.97 Å². The van der Waals surface area contributed by atoms with E-state index in [9.17, 15) is 4.79 Å². The third kappa shape index (κ3) is 1.83. The van der Waals surface area contributed by atoms with Crippen LogP contribution in [0.2, 0.25) is 0 Å². The highest BCUT2D eigenvalue weighted by Gasteiger charge is 2.50. The van der Waals surface area contributed by atoms with Gasteiger partial charge >= 0.3 is 5.97 Å². The van der Waals surface area contributed by atoms with Gasteiger partial charge in [-0.1, -0.05) is 18.6 Å². The largest absolute Gasteiger partial charge is 0.496 e. The highest BCUT2D eigenvalue weighted by Crippen LogP contribution is 2.57. The lowest BCUT2D eigenvalue weighted by atomic mass is 9.52. The summed E-state index contributed by atoms with van der Waals surface area (Å²) in [6.07, 6.45) is 5.68. The molecule has 1 saturated carbocycles. The first-order valence-corrected chi connectivity index (χ1v) is 7.05. The summed E-state index contributed by atoms with van der Waals surface area (Å²) in [7, 11) is 1.71. The first-order chi connectivity index (χ1) is 9.17. The third-order valence-electron chi connectivity index (χ3n) is 5.04. The Hall–Kier alpha value is -1.51. The predicted octanol–water partition coefficient (Wildman–Crippen LogP) is 3.15. The number of carbonyl (C=O) groups is 1. The first kappa shape index (κ1) is 12.5. The number of aliphatic carboxylic acids is 1. The fourth-order valence-corrected chi connectivity index (χ4v) is 4.05. The average Bonchev–Trinajstić information content (AvgIpc) is 2.35. The number of hydrogen-bond acceptors (Lipinski definition) is 2. The molecule has 1 atom stereocenters. The number of carboxylic acids is 1. The van der Waals surface area contributed by atoms with Gasteiger partial charge in [0.15, 0.2) is 0 Å². The minimum Gasteiger partial charge on any atom is -0.496 e. The van der Waals surface area contributed by atoms with Crippen LogP contribution in [0, 0.1) is 5.92 Å². The van der Waals surface area contributed by atoms with Crippen LogP contribution in [0.25, 0.3) is 0 Å². The Kier molecular flexibility index (Phi) is 3.00. The van der Waals surface area contributed by atoms with Crippen LogP contribution in [0.3, 0.4) is 0 Å². The van der Waals surface area contributed by atoms with E-state index in [0.717, 1.165) is 31.4 Å². The molecule has 102 valence electrons. The highest BCUT2D eigenvalue weighted by atomic mass is 16.5. The number of aryl methyl sites for hydroxylation is 1. The van der Waals surface area contributed by atoms with Gasteiger partial charge in [0.25, 0.3) is 0 Å². The monoisotopic (exact) mass is 260 g/mol. The number of benzene rings is 1. The summed E-state index contributed by atoms with van der Waals surface area (Å²) < 4.78 is 5.55. The topological polar surface area (TPSA) is 46.5 Å². The summed E-state index contributed by atoms with van der Waals surface area (Å²) in [6, 6.07) is 6.23. The van der Waals surface area contributed by atoms with Gasteiger partial charge in [-0.3, -0.25) is 4.79 Å². The number of fused-ring (bicyclic) bond motifs is 2. The van der Waals surface area contributed by atoms with Gasteiger partial charge in [-0.05, 0) is 43.2 Å². The Bertz CT molecular complexity index is 488. The molecule has 3 heteroatoms. The molecular weight excluding hydrogens is 240 g/mol. The van der Waals surface area contributed by atoms with Gasteiger partial charge in [0, 0.05) is 17.4 Å². The van der Waals surface area contributed by atoms with Gasteiger partial charge in [0.2, 0.25) is 0 Å². The van der Waals surface area contributed by atoms with E-state index in [1.807, 2.05) is 12.1 Å². The molecule has 0 radical (unpaired) electrons. The molecular formula is C16H20O3. The minimum absolute atomic E-state index is 0.0680. The summed E-state index contributed by atoms with van der Waals surface area (Å²) >= 11 is 0. The number of rotatable bonds is 3. The normalized spacial score (nSPS) is 23.5. The molecule has 0 aliphatic heterocycles. The van der Waals surface area contributed by atoms with Gasteiger partial charge in [0.05, 0.1) is 7.11 Å². The molecule has 2 aliphatic carbocycles. The Morgan fingerprint density at radius 2 is 2.26 bits per heavy atom. The van der Waals surface area contributed by atoms with Crippen LogP contribution in [-0.4, -0.2) is 18.2 Å². The molecule has 0 aromatic heterocycles. The average molecular weight is 260 g/mol. The van der Waals surface area contributed by atoms with E-state index < -0.39 is 5.97 Å². The summed E-state index contributed by atoms with van der Waals surface area (Å²) in [5, 5.41) is 9.16. The SMILES string of the molecule is COc1cccc2c1C1(CCC1)C(CC(=O)O)CC2. The first-order valence-electron chi connectivity index (χ1n) is 7.05. The summed E-state index contributed by atoms with van der Waals surface area (Å²) in [5.74, 6) is 0.546. The maximum absolute atomic E-state index is 11.1. The zero-order chi connectivity index (χ0) is 13.5. The number of carboxylic acid groups (broad SMARTS) is 1. The molecule has 1 fully saturated rings. The van der Waals surface area contributed by atoms with E-state index in [0.29, 0.717) is 0 Å². The molecule has 1 aromatic carbocycles. The molecule has 0 amide bonds. The quantitative estimate of drug-likeness (QED) is 0.908. The molecule has 0 heterocycles. The smallest absolute Gasteiger partial charge is 0.303 e. The zero-order valence-electron chi connectivity index (χ0n) is 11.3. The third-order valence-corrected chi connectivity index (χ3v) is 5.04. The van der Waals surface area contributed by atoms with Gasteiger partial charge in [-0.15, -0.1) is 0 Å². The highest BCUT2D eigenvalue weighted by molar-refractivity contribution is 5.68. The van der Waals surface area contributed by atoms with Crippen molar-refractivity contribution in [2.24, 2.45) is 5.92 Å². The second-order valence-corrected chi connectivity index (χ2v) is 5.84. The van der Waals surface area contributed by atoms with E-state index in [1.165, 1.54) is 17.5 Å². The van der Waals surface area contributed by atoms with Crippen molar-refractivity contribution in [3.63, 3.8) is 0 Å². The van der Waals surface area contributed by atoms with Crippen molar-refractivity contribution in [1.82, 2.24) is 0 Å². The molecule has 1 spiro atoms. The zero-order valence-corrected chi connectivity index (χ0v) is 11.3. The number of hydrogen-bond donors (Lipinski definition) is 1. The molecule has 19 heavy (non-hydrogen) atoms. The maximum atomic E-state index is 11.1. The summed E-state index contributed by atoms with van der Waals surface area (Å²) in [4.78, 5) is 11.1. The van der Waals surface area contributed by atoms with Gasteiger partial charge in [0.1, 0.15) is 5.75 Å². The van der Waals surface area contributed by atoms with Crippen molar-refractivity contribution in [3.05, 3.63) is 29.3 Å². The van der Waals surface area contributed by atoms with Crippen LogP contribution in [0.4, 0.5) is 0 Å². The Morgan fingerprint density at radius 3 is 2.84 bits per heavy atom. The molecule has 0 bridgehead atoms. The molecule has 1 unspecified atom stereocenters.